The van der Waals surface area contributed by atoms with Crippen molar-refractivity contribution < 1.29 is 9.18 Å². The van der Waals surface area contributed by atoms with Crippen molar-refractivity contribution in [2.24, 2.45) is 5.73 Å². The van der Waals surface area contributed by atoms with Gasteiger partial charge in [-0.3, -0.25) is 4.79 Å². The van der Waals surface area contributed by atoms with Crippen LogP contribution >= 0.6 is 11.6 Å². The molecule has 0 aromatic heterocycles. The van der Waals surface area contributed by atoms with E-state index in [1.165, 1.54) is 12.2 Å². The van der Waals surface area contributed by atoms with Crippen LogP contribution in [0.3, 0.4) is 0 Å². The van der Waals surface area contributed by atoms with Gasteiger partial charge >= 0.3 is 0 Å². The van der Waals surface area contributed by atoms with E-state index in [4.69, 9.17) is 22.7 Å². The van der Waals surface area contributed by atoms with E-state index in [-0.39, 0.29) is 23.1 Å². The number of halogens is 2. The number of hydrogen-bond acceptors (Lipinski definition) is 3. The number of carbonyl (C=O) groups excluding carboxylic acids is 1. The minimum absolute atomic E-state index is 0.0413. The van der Waals surface area contributed by atoms with E-state index in [1.54, 1.807) is 31.2 Å². The fourth-order valence-electron chi connectivity index (χ4n) is 2.32. The van der Waals surface area contributed by atoms with Crippen LogP contribution in [0.4, 0.5) is 4.39 Å². The molecule has 0 aromatic rings. The smallest absolute Gasteiger partial charge is 0.162 e. The summed E-state index contributed by atoms with van der Waals surface area (Å²) in [5, 5.41) is 8.19. The van der Waals surface area contributed by atoms with Crippen molar-refractivity contribution in [1.29, 1.82) is 5.41 Å². The fraction of sp³-hybridized carbons (Fsp3) is 0.300. The van der Waals surface area contributed by atoms with Gasteiger partial charge in [0.2, 0.25) is 0 Å². The van der Waals surface area contributed by atoms with Gasteiger partial charge in [0.25, 0.3) is 0 Å². The minimum Gasteiger partial charge on any atom is -0.398 e. The Bertz CT molecular complexity index is 684. The molecule has 1 unspecified atom stereocenters. The summed E-state index contributed by atoms with van der Waals surface area (Å²) in [4.78, 5) is 12.2. The molecule has 5 heteroatoms. The quantitative estimate of drug-likeness (QED) is 0.284. The third-order valence-corrected chi connectivity index (χ3v) is 4.00. The van der Waals surface area contributed by atoms with Crippen LogP contribution in [-0.2, 0) is 4.79 Å². The average molecular weight is 363 g/mol. The molecule has 0 amide bonds. The molecule has 0 aliphatic heterocycles. The number of alkyl halides is 2. The van der Waals surface area contributed by atoms with Crippen molar-refractivity contribution in [1.82, 2.24) is 0 Å². The Morgan fingerprint density at radius 3 is 2.88 bits per heavy atom. The van der Waals surface area contributed by atoms with Gasteiger partial charge in [0.15, 0.2) is 5.78 Å². The minimum atomic E-state index is -1.00. The summed E-state index contributed by atoms with van der Waals surface area (Å²) in [7, 11) is 0. The SMILES string of the molecule is C=C/C=C\C(C(=O)CC)=C(/CCl)C(N)=CC(=N)C1=CCCC(F)C=C1. The maximum absolute atomic E-state index is 13.4. The molecule has 0 fully saturated rings. The normalized spacial score (nSPS) is 19.2. The molecule has 0 saturated heterocycles. The summed E-state index contributed by atoms with van der Waals surface area (Å²) in [6.45, 7) is 5.35. The number of Topliss-reactive ketones (excluding diaryl/α,β-unsaturated/α-hetero) is 1. The number of ketones is 1. The summed E-state index contributed by atoms with van der Waals surface area (Å²) in [6, 6.07) is 0. The Hall–Kier alpha value is -2.20. The summed E-state index contributed by atoms with van der Waals surface area (Å²) in [5.41, 5.74) is 7.99. The lowest BCUT2D eigenvalue weighted by atomic mass is 9.98. The molecule has 0 saturated carbocycles. The van der Waals surface area contributed by atoms with Crippen LogP contribution in [-0.4, -0.2) is 23.5 Å². The first kappa shape index (κ1) is 20.8. The van der Waals surface area contributed by atoms with Crippen molar-refractivity contribution in [2.75, 3.05) is 5.88 Å². The lowest BCUT2D eigenvalue weighted by molar-refractivity contribution is -0.115. The van der Waals surface area contributed by atoms with E-state index in [2.05, 4.69) is 6.58 Å². The van der Waals surface area contributed by atoms with Crippen LogP contribution in [0.1, 0.15) is 26.2 Å². The number of hydrogen-bond donors (Lipinski definition) is 2. The molecular formula is C20H24ClFN2O. The third kappa shape index (κ3) is 6.31. The molecular weight excluding hydrogens is 339 g/mol. The van der Waals surface area contributed by atoms with Crippen LogP contribution in [0.2, 0.25) is 0 Å². The van der Waals surface area contributed by atoms with E-state index in [0.717, 1.165) is 0 Å². The molecule has 25 heavy (non-hydrogen) atoms. The molecule has 0 radical (unpaired) electrons. The van der Waals surface area contributed by atoms with Crippen LogP contribution < -0.4 is 5.73 Å². The lowest BCUT2D eigenvalue weighted by Gasteiger charge is -2.10. The van der Waals surface area contributed by atoms with E-state index in [9.17, 15) is 9.18 Å². The molecule has 134 valence electrons. The summed E-state index contributed by atoms with van der Waals surface area (Å²) in [5.74, 6) is -0.0509. The van der Waals surface area contributed by atoms with Crippen molar-refractivity contribution >= 4 is 23.1 Å². The van der Waals surface area contributed by atoms with Gasteiger partial charge in [-0.1, -0.05) is 50.0 Å². The van der Waals surface area contributed by atoms with E-state index < -0.39 is 6.17 Å². The highest BCUT2D eigenvalue weighted by atomic mass is 35.5. The maximum Gasteiger partial charge on any atom is 0.162 e. The van der Waals surface area contributed by atoms with Crippen molar-refractivity contribution in [3.63, 3.8) is 0 Å². The van der Waals surface area contributed by atoms with Crippen molar-refractivity contribution in [2.45, 2.75) is 32.4 Å². The lowest BCUT2D eigenvalue weighted by Crippen LogP contribution is -2.12. The van der Waals surface area contributed by atoms with Gasteiger partial charge in [0, 0.05) is 23.3 Å². The van der Waals surface area contributed by atoms with Crippen LogP contribution in [0.15, 0.2) is 71.5 Å². The molecule has 0 heterocycles. The Balaban J connectivity index is 3.23. The summed E-state index contributed by atoms with van der Waals surface area (Å²) < 4.78 is 13.4. The Morgan fingerprint density at radius 2 is 2.28 bits per heavy atom. The zero-order valence-electron chi connectivity index (χ0n) is 14.4. The molecule has 1 aliphatic rings. The van der Waals surface area contributed by atoms with E-state index >= 15 is 0 Å². The first-order valence-electron chi connectivity index (χ1n) is 8.14. The predicted molar refractivity (Wildman–Crippen MR) is 104 cm³/mol. The second-order valence-electron chi connectivity index (χ2n) is 5.52. The molecule has 0 aromatic carbocycles. The van der Waals surface area contributed by atoms with Gasteiger partial charge < -0.3 is 11.1 Å². The van der Waals surface area contributed by atoms with E-state index in [0.29, 0.717) is 36.0 Å². The number of rotatable bonds is 8. The predicted octanol–water partition coefficient (Wildman–Crippen LogP) is 4.72. The topological polar surface area (TPSA) is 66.9 Å². The molecule has 0 spiro atoms. The average Bonchev–Trinajstić information content (AvgIpc) is 2.82. The van der Waals surface area contributed by atoms with Gasteiger partial charge in [-0.05, 0) is 24.5 Å². The second kappa shape index (κ2) is 10.6. The van der Waals surface area contributed by atoms with Gasteiger partial charge in [0.1, 0.15) is 6.17 Å². The van der Waals surface area contributed by atoms with E-state index in [1.807, 2.05) is 6.08 Å². The number of carbonyl (C=O) groups is 1. The second-order valence-corrected chi connectivity index (χ2v) is 5.79. The first-order chi connectivity index (χ1) is 11.9. The maximum atomic E-state index is 13.4. The highest BCUT2D eigenvalue weighted by molar-refractivity contribution is 6.21. The molecule has 1 atom stereocenters. The van der Waals surface area contributed by atoms with Crippen LogP contribution in [0.5, 0.6) is 0 Å². The number of nitrogens with two attached hydrogens (primary N) is 1. The molecule has 3 N–H and O–H groups in total. The Kier molecular flexibility index (Phi) is 8.86. The van der Waals surface area contributed by atoms with Gasteiger partial charge in [-0.25, -0.2) is 4.39 Å². The molecule has 3 nitrogen and oxygen atoms in total. The van der Waals surface area contributed by atoms with Gasteiger partial charge in [-0.2, -0.15) is 0 Å². The Morgan fingerprint density at radius 1 is 1.56 bits per heavy atom. The van der Waals surface area contributed by atoms with Gasteiger partial charge in [0.05, 0.1) is 11.6 Å². The zero-order valence-corrected chi connectivity index (χ0v) is 15.2. The monoisotopic (exact) mass is 362 g/mol. The Labute approximate surface area is 153 Å². The van der Waals surface area contributed by atoms with Crippen LogP contribution in [0.25, 0.3) is 0 Å². The van der Waals surface area contributed by atoms with Crippen molar-refractivity contribution in [3.05, 3.63) is 71.5 Å². The standard InChI is InChI=1S/C20H24ClFN2O/c1-3-5-9-16(20(25)4-2)17(13-21)19(24)12-18(23)14-7-6-8-15(22)11-10-14/h3,5,7,9-12,15,23H,1,4,6,8,13,24H2,2H3/b9-5-,17-16-,19-12?,23-18?. The zero-order chi connectivity index (χ0) is 18.8. The largest absolute Gasteiger partial charge is 0.398 e. The number of nitrogens with one attached hydrogen (secondary N) is 1. The molecule has 1 rings (SSSR count). The van der Waals surface area contributed by atoms with Crippen LogP contribution in [0, 0.1) is 5.41 Å². The summed E-state index contributed by atoms with van der Waals surface area (Å²) in [6.07, 6.45) is 11.4. The summed E-state index contributed by atoms with van der Waals surface area (Å²) >= 11 is 6.01. The number of allylic oxidation sites excluding steroid dienone is 10. The highest BCUT2D eigenvalue weighted by Crippen LogP contribution is 2.19. The first-order valence-corrected chi connectivity index (χ1v) is 8.68. The third-order valence-electron chi connectivity index (χ3n) is 3.73. The highest BCUT2D eigenvalue weighted by Gasteiger charge is 2.14. The van der Waals surface area contributed by atoms with Crippen molar-refractivity contribution in [3.8, 4) is 0 Å². The fourth-order valence-corrected chi connectivity index (χ4v) is 2.62. The van der Waals surface area contributed by atoms with Gasteiger partial charge in [-0.15, -0.1) is 11.6 Å². The molecule has 1 aliphatic carbocycles. The molecule has 0 bridgehead atoms.